The van der Waals surface area contributed by atoms with Crippen LogP contribution in [0.1, 0.15) is 19.8 Å². The van der Waals surface area contributed by atoms with Crippen molar-refractivity contribution in [2.45, 2.75) is 25.8 Å². The highest BCUT2D eigenvalue weighted by atomic mass is 16.5. The molecule has 0 saturated carbocycles. The quantitative estimate of drug-likeness (QED) is 0.628. The highest BCUT2D eigenvalue weighted by Crippen LogP contribution is 2.04. The molecule has 15 heavy (non-hydrogen) atoms. The Labute approximate surface area is 89.6 Å². The van der Waals surface area contributed by atoms with Gasteiger partial charge >= 0.3 is 5.97 Å². The molecule has 1 saturated heterocycles. The number of esters is 1. The van der Waals surface area contributed by atoms with Crippen molar-refractivity contribution in [3.05, 3.63) is 0 Å². The van der Waals surface area contributed by atoms with Crippen LogP contribution in [-0.2, 0) is 14.3 Å². The molecule has 0 bridgehead atoms. The van der Waals surface area contributed by atoms with Gasteiger partial charge in [0, 0.05) is 13.1 Å². The van der Waals surface area contributed by atoms with Crippen molar-refractivity contribution in [2.75, 3.05) is 20.2 Å². The van der Waals surface area contributed by atoms with Gasteiger partial charge < -0.3 is 15.4 Å². The third-order valence-corrected chi connectivity index (χ3v) is 2.56. The first-order valence-corrected chi connectivity index (χ1v) is 5.24. The van der Waals surface area contributed by atoms with E-state index < -0.39 is 0 Å². The molecule has 0 radical (unpaired) electrons. The Bertz CT molecular complexity index is 243. The van der Waals surface area contributed by atoms with Crippen molar-refractivity contribution in [1.82, 2.24) is 10.6 Å². The second-order valence-electron chi connectivity index (χ2n) is 3.82. The summed E-state index contributed by atoms with van der Waals surface area (Å²) in [5.41, 5.74) is 0. The van der Waals surface area contributed by atoms with Gasteiger partial charge in [0.15, 0.2) is 0 Å². The van der Waals surface area contributed by atoms with Crippen LogP contribution in [0, 0.1) is 5.92 Å². The van der Waals surface area contributed by atoms with Crippen LogP contribution in [-0.4, -0.2) is 38.1 Å². The maximum absolute atomic E-state index is 11.4. The third-order valence-electron chi connectivity index (χ3n) is 2.56. The van der Waals surface area contributed by atoms with Crippen LogP contribution < -0.4 is 10.6 Å². The van der Waals surface area contributed by atoms with E-state index in [0.717, 1.165) is 19.4 Å². The number of amides is 1. The van der Waals surface area contributed by atoms with Gasteiger partial charge in [-0.15, -0.1) is 0 Å². The number of carbonyl (C=O) groups is 2. The van der Waals surface area contributed by atoms with Crippen LogP contribution in [0.2, 0.25) is 0 Å². The fourth-order valence-electron chi connectivity index (χ4n) is 1.57. The molecule has 1 rings (SSSR count). The van der Waals surface area contributed by atoms with E-state index in [-0.39, 0.29) is 23.8 Å². The maximum Gasteiger partial charge on any atom is 0.309 e. The minimum atomic E-state index is -0.251. The van der Waals surface area contributed by atoms with Crippen molar-refractivity contribution in [3.8, 4) is 0 Å². The Balaban J connectivity index is 2.29. The van der Waals surface area contributed by atoms with Gasteiger partial charge in [0.2, 0.25) is 5.91 Å². The lowest BCUT2D eigenvalue weighted by molar-refractivity contribution is -0.144. The van der Waals surface area contributed by atoms with Crippen molar-refractivity contribution >= 4 is 11.9 Å². The Morgan fingerprint density at radius 2 is 2.47 bits per heavy atom. The summed E-state index contributed by atoms with van der Waals surface area (Å²) in [5, 5.41) is 5.85. The van der Waals surface area contributed by atoms with Crippen LogP contribution in [0.4, 0.5) is 0 Å². The molecule has 1 heterocycles. The summed E-state index contributed by atoms with van der Waals surface area (Å²) in [6, 6.07) is -0.161. The highest BCUT2D eigenvalue weighted by Gasteiger charge is 2.23. The van der Waals surface area contributed by atoms with Gasteiger partial charge in [-0.25, -0.2) is 0 Å². The molecule has 0 aromatic heterocycles. The third kappa shape index (κ3) is 3.51. The predicted octanol–water partition coefficient (Wildman–Crippen LogP) is -0.336. The molecule has 2 atom stereocenters. The summed E-state index contributed by atoms with van der Waals surface area (Å²) in [4.78, 5) is 22.5. The summed E-state index contributed by atoms with van der Waals surface area (Å²) in [6.07, 6.45) is 1.82. The zero-order chi connectivity index (χ0) is 11.3. The Kier molecular flexibility index (Phi) is 4.55. The van der Waals surface area contributed by atoms with E-state index >= 15 is 0 Å². The lowest BCUT2D eigenvalue weighted by atomic mass is 10.1. The SMILES string of the molecule is COC(=O)C(C)CNC1CCCNC1=O. The fraction of sp³-hybridized carbons (Fsp3) is 0.800. The molecule has 1 amide bonds. The average Bonchev–Trinajstić information content (AvgIpc) is 2.26. The molecule has 0 aliphatic carbocycles. The summed E-state index contributed by atoms with van der Waals surface area (Å²) in [7, 11) is 1.37. The number of rotatable bonds is 4. The molecule has 2 N–H and O–H groups in total. The number of nitrogens with one attached hydrogen (secondary N) is 2. The van der Waals surface area contributed by atoms with Crippen LogP contribution >= 0.6 is 0 Å². The number of hydrogen-bond acceptors (Lipinski definition) is 4. The molecule has 1 aliphatic heterocycles. The van der Waals surface area contributed by atoms with E-state index in [1.165, 1.54) is 7.11 Å². The molecule has 86 valence electrons. The second kappa shape index (κ2) is 5.70. The molecule has 0 aromatic rings. The van der Waals surface area contributed by atoms with Gasteiger partial charge in [-0.05, 0) is 12.8 Å². The zero-order valence-corrected chi connectivity index (χ0v) is 9.21. The van der Waals surface area contributed by atoms with E-state index in [4.69, 9.17) is 0 Å². The van der Waals surface area contributed by atoms with Gasteiger partial charge in [-0.1, -0.05) is 6.92 Å². The van der Waals surface area contributed by atoms with Crippen molar-refractivity contribution < 1.29 is 14.3 Å². The summed E-state index contributed by atoms with van der Waals surface area (Å²) < 4.78 is 4.60. The second-order valence-corrected chi connectivity index (χ2v) is 3.82. The summed E-state index contributed by atoms with van der Waals surface area (Å²) in [6.45, 7) is 3.01. The minimum Gasteiger partial charge on any atom is -0.469 e. The smallest absolute Gasteiger partial charge is 0.309 e. The van der Waals surface area contributed by atoms with Crippen LogP contribution in [0.15, 0.2) is 0 Å². The van der Waals surface area contributed by atoms with E-state index in [2.05, 4.69) is 15.4 Å². The van der Waals surface area contributed by atoms with E-state index in [9.17, 15) is 9.59 Å². The lowest BCUT2D eigenvalue weighted by Crippen LogP contribution is -2.49. The monoisotopic (exact) mass is 214 g/mol. The van der Waals surface area contributed by atoms with Gasteiger partial charge in [0.25, 0.3) is 0 Å². The van der Waals surface area contributed by atoms with Crippen molar-refractivity contribution in [3.63, 3.8) is 0 Å². The maximum atomic E-state index is 11.4. The molecular weight excluding hydrogens is 196 g/mol. The van der Waals surface area contributed by atoms with E-state index in [1.54, 1.807) is 6.92 Å². The topological polar surface area (TPSA) is 67.4 Å². The minimum absolute atomic E-state index is 0.0262. The number of hydrogen-bond donors (Lipinski definition) is 2. The molecular formula is C10H18N2O3. The Morgan fingerprint density at radius 3 is 3.07 bits per heavy atom. The number of ether oxygens (including phenoxy) is 1. The summed E-state index contributed by atoms with van der Waals surface area (Å²) in [5.74, 6) is -0.443. The molecule has 0 aromatic carbocycles. The van der Waals surface area contributed by atoms with E-state index in [1.807, 2.05) is 0 Å². The van der Waals surface area contributed by atoms with Gasteiger partial charge in [0.1, 0.15) is 0 Å². The van der Waals surface area contributed by atoms with Crippen molar-refractivity contribution in [1.29, 1.82) is 0 Å². The molecule has 0 spiro atoms. The first-order valence-electron chi connectivity index (χ1n) is 5.24. The Hall–Kier alpha value is -1.10. The molecule has 1 fully saturated rings. The van der Waals surface area contributed by atoms with Crippen LogP contribution in [0.3, 0.4) is 0 Å². The zero-order valence-electron chi connectivity index (χ0n) is 9.21. The first-order chi connectivity index (χ1) is 7.15. The largest absolute Gasteiger partial charge is 0.469 e. The van der Waals surface area contributed by atoms with E-state index in [0.29, 0.717) is 6.54 Å². The highest BCUT2D eigenvalue weighted by molar-refractivity contribution is 5.82. The number of carbonyl (C=O) groups excluding carboxylic acids is 2. The number of methoxy groups -OCH3 is 1. The fourth-order valence-corrected chi connectivity index (χ4v) is 1.57. The molecule has 1 aliphatic rings. The standard InChI is InChI=1S/C10H18N2O3/c1-7(10(14)15-2)6-12-8-4-3-5-11-9(8)13/h7-8,12H,3-6H2,1-2H3,(H,11,13). The van der Waals surface area contributed by atoms with Gasteiger partial charge in [0.05, 0.1) is 19.1 Å². The average molecular weight is 214 g/mol. The normalized spacial score (nSPS) is 23.1. The lowest BCUT2D eigenvalue weighted by Gasteiger charge is -2.23. The Morgan fingerprint density at radius 1 is 1.73 bits per heavy atom. The molecule has 5 nitrogen and oxygen atoms in total. The van der Waals surface area contributed by atoms with Crippen LogP contribution in [0.5, 0.6) is 0 Å². The van der Waals surface area contributed by atoms with Crippen LogP contribution in [0.25, 0.3) is 0 Å². The number of piperidine rings is 1. The predicted molar refractivity (Wildman–Crippen MR) is 55.2 cm³/mol. The molecule has 5 heteroatoms. The van der Waals surface area contributed by atoms with Gasteiger partial charge in [-0.2, -0.15) is 0 Å². The summed E-state index contributed by atoms with van der Waals surface area (Å²) >= 11 is 0. The molecule has 2 unspecified atom stereocenters. The van der Waals surface area contributed by atoms with Gasteiger partial charge in [-0.3, -0.25) is 9.59 Å². The van der Waals surface area contributed by atoms with Crippen molar-refractivity contribution in [2.24, 2.45) is 5.92 Å². The first kappa shape index (κ1) is 12.0.